The molecule has 8 nitrogen and oxygen atoms in total. The Kier molecular flexibility index (Phi) is 3.70. The molecule has 2 N–H and O–H groups in total. The van der Waals surface area contributed by atoms with Gasteiger partial charge in [0.25, 0.3) is 5.91 Å². The minimum absolute atomic E-state index is 0.121. The van der Waals surface area contributed by atoms with Crippen LogP contribution in [0.3, 0.4) is 0 Å². The highest BCUT2D eigenvalue weighted by Gasteiger charge is 2.70. The average Bonchev–Trinajstić information content (AvgIpc) is 2.93. The lowest BCUT2D eigenvalue weighted by molar-refractivity contribution is -0.187. The third-order valence-corrected chi connectivity index (χ3v) is 4.69. The number of methoxy groups -OCH3 is 2. The zero-order valence-electron chi connectivity index (χ0n) is 13.8. The van der Waals surface area contributed by atoms with Crippen LogP contribution in [0.15, 0.2) is 29.2 Å². The van der Waals surface area contributed by atoms with Crippen LogP contribution in [-0.2, 0) is 19.0 Å². The lowest BCUT2D eigenvalue weighted by atomic mass is 9.99. The topological polar surface area (TPSA) is 89.6 Å². The molecule has 1 amide bonds. The van der Waals surface area contributed by atoms with Crippen molar-refractivity contribution in [3.8, 4) is 0 Å². The smallest absolute Gasteiger partial charge is 0.260 e. The van der Waals surface area contributed by atoms with E-state index < -0.39 is 17.9 Å². The van der Waals surface area contributed by atoms with Crippen molar-refractivity contribution in [1.82, 2.24) is 9.80 Å². The largest absolute Gasteiger partial charge is 0.383 e. The molecule has 3 rings (SSSR count). The Bertz CT molecular complexity index is 617. The molecule has 0 aliphatic carbocycles. The van der Waals surface area contributed by atoms with E-state index in [0.717, 1.165) is 5.57 Å². The molecule has 2 saturated heterocycles. The van der Waals surface area contributed by atoms with E-state index in [1.165, 1.54) is 7.11 Å². The first-order valence-electron chi connectivity index (χ1n) is 7.34. The fraction of sp³-hybridized carbons (Fsp3) is 0.600. The van der Waals surface area contributed by atoms with Crippen LogP contribution in [0.25, 0.3) is 0 Å². The number of rotatable bonds is 4. The first-order valence-corrected chi connectivity index (χ1v) is 7.34. The summed E-state index contributed by atoms with van der Waals surface area (Å²) >= 11 is 0. The van der Waals surface area contributed by atoms with Gasteiger partial charge in [-0.1, -0.05) is 6.58 Å². The molecule has 3 heterocycles. The van der Waals surface area contributed by atoms with Crippen LogP contribution in [0, 0.1) is 0 Å². The van der Waals surface area contributed by atoms with E-state index in [1.54, 1.807) is 24.0 Å². The highest BCUT2D eigenvalue weighted by Crippen LogP contribution is 2.46. The normalized spacial score (nSPS) is 36.6. The SMILES string of the molecule is C=C1N=C(N)C(C)=CN1[C@@H]1O[C@@]2(COC)C(=O)N(C)C1C2OC. The molecule has 0 saturated carbocycles. The Balaban J connectivity index is 1.98. The number of carbonyl (C=O) groups is 1. The molecule has 3 aliphatic rings. The number of nitrogens with two attached hydrogens (primary N) is 1. The van der Waals surface area contributed by atoms with Crippen molar-refractivity contribution in [2.24, 2.45) is 10.7 Å². The molecule has 3 aliphatic heterocycles. The summed E-state index contributed by atoms with van der Waals surface area (Å²) in [5.74, 6) is 0.751. The molecule has 0 aromatic heterocycles. The standard InChI is InChI=1S/C15H22N4O4/c1-8-6-19(9(2)17-12(8)16)13-10-11(22-5)15(23-13,7-21-4)14(20)18(10)3/h6,10-11,13H,2,7H2,1,3-5H3,(H2,16,17)/t10?,11?,13-,15-/m1/s1. The average molecular weight is 322 g/mol. The number of aliphatic imine (C=N–C) groups is 1. The summed E-state index contributed by atoms with van der Waals surface area (Å²) in [5.41, 5.74) is 5.49. The molecule has 23 heavy (non-hydrogen) atoms. The van der Waals surface area contributed by atoms with Gasteiger partial charge < -0.3 is 29.7 Å². The van der Waals surface area contributed by atoms with Crippen LogP contribution in [-0.4, -0.2) is 73.4 Å². The number of hydrogen-bond donors (Lipinski definition) is 1. The Labute approximate surface area is 135 Å². The van der Waals surface area contributed by atoms with Crippen molar-refractivity contribution in [3.05, 3.63) is 24.2 Å². The minimum Gasteiger partial charge on any atom is -0.383 e. The predicted octanol–water partition coefficient (Wildman–Crippen LogP) is -0.369. The zero-order chi connectivity index (χ0) is 16.9. The number of amidine groups is 1. The first kappa shape index (κ1) is 16.0. The number of nitrogens with zero attached hydrogens (tertiary/aromatic N) is 3. The van der Waals surface area contributed by atoms with Gasteiger partial charge >= 0.3 is 0 Å². The monoisotopic (exact) mass is 322 g/mol. The third-order valence-electron chi connectivity index (χ3n) is 4.69. The summed E-state index contributed by atoms with van der Waals surface area (Å²) in [4.78, 5) is 20.3. The second-order valence-electron chi connectivity index (χ2n) is 6.03. The fourth-order valence-corrected chi connectivity index (χ4v) is 3.58. The number of likely N-dealkylation sites (tertiary alicyclic amines) is 1. The van der Waals surface area contributed by atoms with Crippen LogP contribution in [0.1, 0.15) is 6.92 Å². The summed E-state index contributed by atoms with van der Waals surface area (Å²) < 4.78 is 17.0. The van der Waals surface area contributed by atoms with Crippen LogP contribution in [0.2, 0.25) is 0 Å². The lowest BCUT2D eigenvalue weighted by Crippen LogP contribution is -2.56. The van der Waals surface area contributed by atoms with E-state index in [2.05, 4.69) is 11.6 Å². The summed E-state index contributed by atoms with van der Waals surface area (Å²) in [7, 11) is 4.85. The third kappa shape index (κ3) is 2.02. The molecule has 2 fully saturated rings. The summed E-state index contributed by atoms with van der Waals surface area (Å²) in [6.45, 7) is 5.91. The number of carbonyl (C=O) groups excluding carboxylic acids is 1. The van der Waals surface area contributed by atoms with Crippen molar-refractivity contribution >= 4 is 11.7 Å². The van der Waals surface area contributed by atoms with Crippen LogP contribution in [0.5, 0.6) is 0 Å². The Hall–Kier alpha value is -1.90. The van der Waals surface area contributed by atoms with Crippen LogP contribution in [0.4, 0.5) is 0 Å². The molecule has 0 spiro atoms. The van der Waals surface area contributed by atoms with E-state index >= 15 is 0 Å². The number of hydrogen-bond acceptors (Lipinski definition) is 7. The molecule has 8 heteroatoms. The number of morpholine rings is 1. The van der Waals surface area contributed by atoms with E-state index in [-0.39, 0.29) is 18.6 Å². The summed E-state index contributed by atoms with van der Waals surface area (Å²) in [5, 5.41) is 0. The molecular formula is C15H22N4O4. The maximum absolute atomic E-state index is 12.6. The van der Waals surface area contributed by atoms with Crippen molar-refractivity contribution < 1.29 is 19.0 Å². The fourth-order valence-electron chi connectivity index (χ4n) is 3.58. The minimum atomic E-state index is -1.15. The van der Waals surface area contributed by atoms with Gasteiger partial charge in [-0.05, 0) is 6.92 Å². The van der Waals surface area contributed by atoms with Gasteiger partial charge in [0.2, 0.25) is 0 Å². The van der Waals surface area contributed by atoms with Gasteiger partial charge in [0, 0.05) is 33.0 Å². The van der Waals surface area contributed by atoms with Crippen molar-refractivity contribution in [1.29, 1.82) is 0 Å². The molecular weight excluding hydrogens is 300 g/mol. The van der Waals surface area contributed by atoms with Crippen molar-refractivity contribution in [2.75, 3.05) is 27.9 Å². The number of likely N-dealkylation sites (N-methyl/N-ethyl adjacent to an activating group) is 1. The van der Waals surface area contributed by atoms with Gasteiger partial charge in [-0.3, -0.25) is 4.79 Å². The number of ether oxygens (including phenoxy) is 3. The Morgan fingerprint density at radius 1 is 1.52 bits per heavy atom. The molecule has 0 radical (unpaired) electrons. The quantitative estimate of drug-likeness (QED) is 0.760. The molecule has 2 bridgehead atoms. The van der Waals surface area contributed by atoms with Gasteiger partial charge in [0.15, 0.2) is 11.8 Å². The van der Waals surface area contributed by atoms with Gasteiger partial charge in [-0.2, -0.15) is 0 Å². The molecule has 0 aromatic carbocycles. The van der Waals surface area contributed by atoms with E-state index in [0.29, 0.717) is 11.7 Å². The maximum Gasteiger partial charge on any atom is 0.260 e. The maximum atomic E-state index is 12.6. The predicted molar refractivity (Wildman–Crippen MR) is 83.2 cm³/mol. The van der Waals surface area contributed by atoms with E-state index in [4.69, 9.17) is 19.9 Å². The van der Waals surface area contributed by atoms with Crippen molar-refractivity contribution in [2.45, 2.75) is 30.9 Å². The zero-order valence-corrected chi connectivity index (χ0v) is 13.8. The van der Waals surface area contributed by atoms with E-state index in [9.17, 15) is 4.79 Å². The first-order chi connectivity index (χ1) is 10.9. The van der Waals surface area contributed by atoms with Gasteiger partial charge in [-0.15, -0.1) is 0 Å². The lowest BCUT2D eigenvalue weighted by Gasteiger charge is -2.40. The molecule has 2 unspecified atom stereocenters. The second-order valence-corrected chi connectivity index (χ2v) is 6.03. The Morgan fingerprint density at radius 2 is 2.22 bits per heavy atom. The molecule has 126 valence electrons. The van der Waals surface area contributed by atoms with E-state index in [1.807, 2.05) is 13.1 Å². The molecule has 4 atom stereocenters. The summed E-state index contributed by atoms with van der Waals surface area (Å²) in [6, 6.07) is -0.294. The number of fused-ring (bicyclic) bond motifs is 2. The van der Waals surface area contributed by atoms with Gasteiger partial charge in [0.1, 0.15) is 23.8 Å². The van der Waals surface area contributed by atoms with Gasteiger partial charge in [0.05, 0.1) is 6.61 Å². The second kappa shape index (κ2) is 5.33. The molecule has 0 aromatic rings. The highest BCUT2D eigenvalue weighted by atomic mass is 16.6. The highest BCUT2D eigenvalue weighted by molar-refractivity contribution is 5.97. The Morgan fingerprint density at radius 3 is 2.83 bits per heavy atom. The van der Waals surface area contributed by atoms with Crippen molar-refractivity contribution in [3.63, 3.8) is 0 Å². The summed E-state index contributed by atoms with van der Waals surface area (Å²) in [6.07, 6.45) is 0.938. The van der Waals surface area contributed by atoms with Gasteiger partial charge in [-0.25, -0.2) is 4.99 Å². The van der Waals surface area contributed by atoms with Crippen LogP contribution >= 0.6 is 0 Å². The number of amides is 1. The van der Waals surface area contributed by atoms with Crippen LogP contribution < -0.4 is 5.73 Å².